The zero-order valence-corrected chi connectivity index (χ0v) is 8.41. The Labute approximate surface area is 87.3 Å². The highest BCUT2D eigenvalue weighted by molar-refractivity contribution is 6.03. The number of amides is 2. The molecule has 4 nitrogen and oxygen atoms in total. The fraction of sp³-hybridized carbons (Fsp3) is 0.273. The van der Waals surface area contributed by atoms with E-state index >= 15 is 0 Å². The van der Waals surface area contributed by atoms with E-state index in [-0.39, 0.29) is 5.92 Å². The lowest BCUT2D eigenvalue weighted by Gasteiger charge is -2.05. The van der Waals surface area contributed by atoms with Crippen molar-refractivity contribution >= 4 is 11.8 Å². The average molecular weight is 204 g/mol. The van der Waals surface area contributed by atoms with Crippen LogP contribution in [0.4, 0.5) is 0 Å². The highest BCUT2D eigenvalue weighted by Gasteiger charge is 2.29. The Bertz CT molecular complexity index is 466. The lowest BCUT2D eigenvalue weighted by molar-refractivity contribution is 0.0998. The van der Waals surface area contributed by atoms with E-state index in [1.165, 1.54) is 0 Å². The van der Waals surface area contributed by atoms with Gasteiger partial charge in [-0.05, 0) is 29.5 Å². The van der Waals surface area contributed by atoms with Gasteiger partial charge in [0.2, 0.25) is 11.8 Å². The quantitative estimate of drug-likeness (QED) is 0.736. The first-order valence-electron chi connectivity index (χ1n) is 4.77. The highest BCUT2D eigenvalue weighted by Crippen LogP contribution is 2.36. The minimum Gasteiger partial charge on any atom is -0.366 e. The van der Waals surface area contributed by atoms with Crippen LogP contribution in [0.15, 0.2) is 12.1 Å². The molecule has 0 saturated carbocycles. The molecule has 1 aliphatic rings. The molecule has 0 aliphatic heterocycles. The van der Waals surface area contributed by atoms with Crippen molar-refractivity contribution in [3.05, 3.63) is 34.4 Å². The maximum Gasteiger partial charge on any atom is 0.249 e. The minimum atomic E-state index is -0.506. The molecule has 2 amide bonds. The van der Waals surface area contributed by atoms with Crippen molar-refractivity contribution in [2.45, 2.75) is 19.3 Å². The van der Waals surface area contributed by atoms with E-state index in [4.69, 9.17) is 11.5 Å². The Balaban J connectivity index is 2.70. The fourth-order valence-corrected chi connectivity index (χ4v) is 2.23. The molecule has 1 aromatic carbocycles. The second kappa shape index (κ2) is 3.08. The molecule has 2 bridgehead atoms. The van der Waals surface area contributed by atoms with Crippen molar-refractivity contribution in [2.75, 3.05) is 0 Å². The Hall–Kier alpha value is -1.84. The molecule has 1 aromatic rings. The molecular formula is C11H12N2O2. The van der Waals surface area contributed by atoms with Gasteiger partial charge in [-0.3, -0.25) is 9.59 Å². The molecule has 0 heterocycles. The van der Waals surface area contributed by atoms with Crippen LogP contribution in [0.2, 0.25) is 0 Å². The molecule has 1 aliphatic carbocycles. The van der Waals surface area contributed by atoms with Crippen LogP contribution in [0.1, 0.15) is 44.7 Å². The maximum atomic E-state index is 11.3. The third-order valence-electron chi connectivity index (χ3n) is 2.90. The molecule has 0 fully saturated rings. The smallest absolute Gasteiger partial charge is 0.249 e. The molecule has 1 atom stereocenters. The summed E-state index contributed by atoms with van der Waals surface area (Å²) in [6, 6.07) is 3.43. The van der Waals surface area contributed by atoms with Crippen LogP contribution in [0.5, 0.6) is 0 Å². The normalized spacial score (nSPS) is 17.8. The summed E-state index contributed by atoms with van der Waals surface area (Å²) in [6.45, 7) is 2.00. The lowest BCUT2D eigenvalue weighted by atomic mass is 10.0. The number of carbonyl (C=O) groups is 2. The van der Waals surface area contributed by atoms with Gasteiger partial charge in [0.05, 0.1) is 0 Å². The van der Waals surface area contributed by atoms with Crippen LogP contribution in [-0.2, 0) is 6.42 Å². The van der Waals surface area contributed by atoms with Gasteiger partial charge in [0.15, 0.2) is 0 Å². The van der Waals surface area contributed by atoms with Gasteiger partial charge in [-0.2, -0.15) is 0 Å². The summed E-state index contributed by atoms with van der Waals surface area (Å²) < 4.78 is 0. The molecule has 4 heteroatoms. The Kier molecular flexibility index (Phi) is 2.00. The van der Waals surface area contributed by atoms with Gasteiger partial charge in [-0.1, -0.05) is 13.0 Å². The summed E-state index contributed by atoms with van der Waals surface area (Å²) in [5, 5.41) is 0. The minimum absolute atomic E-state index is 0.232. The number of benzene rings is 1. The second-order valence-electron chi connectivity index (χ2n) is 3.89. The van der Waals surface area contributed by atoms with Gasteiger partial charge in [-0.25, -0.2) is 0 Å². The van der Waals surface area contributed by atoms with Gasteiger partial charge in [-0.15, -0.1) is 0 Å². The molecule has 78 valence electrons. The molecule has 0 radical (unpaired) electrons. The zero-order valence-electron chi connectivity index (χ0n) is 8.41. The molecule has 0 spiro atoms. The summed E-state index contributed by atoms with van der Waals surface area (Å²) in [7, 11) is 0. The lowest BCUT2D eigenvalue weighted by Crippen LogP contribution is -2.18. The number of hydrogen-bond acceptors (Lipinski definition) is 2. The van der Waals surface area contributed by atoms with Crippen LogP contribution < -0.4 is 11.5 Å². The van der Waals surface area contributed by atoms with E-state index in [0.717, 1.165) is 5.56 Å². The monoisotopic (exact) mass is 204 g/mol. The van der Waals surface area contributed by atoms with E-state index in [9.17, 15) is 9.59 Å². The third-order valence-corrected chi connectivity index (χ3v) is 2.90. The SMILES string of the molecule is CC1Cc2c(C(N)=O)ccc1c2C(N)=O. The molecular weight excluding hydrogens is 192 g/mol. The van der Waals surface area contributed by atoms with Crippen LogP contribution in [0.3, 0.4) is 0 Å². The first kappa shape index (κ1) is 9.71. The van der Waals surface area contributed by atoms with Gasteiger partial charge >= 0.3 is 0 Å². The van der Waals surface area contributed by atoms with Crippen molar-refractivity contribution in [1.29, 1.82) is 0 Å². The van der Waals surface area contributed by atoms with Crippen molar-refractivity contribution in [3.8, 4) is 0 Å². The first-order valence-corrected chi connectivity index (χ1v) is 4.77. The Morgan fingerprint density at radius 2 is 1.93 bits per heavy atom. The molecule has 2 rings (SSSR count). The maximum absolute atomic E-state index is 11.3. The number of primary amides is 2. The average Bonchev–Trinajstić information content (AvgIpc) is 2.36. The summed E-state index contributed by atoms with van der Waals surface area (Å²) in [4.78, 5) is 22.4. The van der Waals surface area contributed by atoms with Crippen molar-refractivity contribution in [2.24, 2.45) is 11.5 Å². The van der Waals surface area contributed by atoms with Crippen molar-refractivity contribution in [1.82, 2.24) is 0 Å². The van der Waals surface area contributed by atoms with E-state index in [1.807, 2.05) is 6.92 Å². The number of hydrogen-bond donors (Lipinski definition) is 2. The number of rotatable bonds is 2. The van der Waals surface area contributed by atoms with Crippen molar-refractivity contribution in [3.63, 3.8) is 0 Å². The standard InChI is InChI=1S/C11H12N2O2/c1-5-4-8-7(10(12)14)3-2-6(5)9(8)11(13)15/h2-3,5H,4H2,1H3,(H2,12,14)(H2,13,15). The van der Waals surface area contributed by atoms with Crippen molar-refractivity contribution < 1.29 is 9.59 Å². The van der Waals surface area contributed by atoms with Crippen LogP contribution in [-0.4, -0.2) is 11.8 Å². The summed E-state index contributed by atoms with van der Waals surface area (Å²) in [5.41, 5.74) is 13.1. The van der Waals surface area contributed by atoms with Crippen LogP contribution >= 0.6 is 0 Å². The summed E-state index contributed by atoms with van der Waals surface area (Å²) in [6.07, 6.45) is 0.666. The zero-order chi connectivity index (χ0) is 11.2. The first-order chi connectivity index (χ1) is 7.02. The highest BCUT2D eigenvalue weighted by atomic mass is 16.1. The predicted molar refractivity (Wildman–Crippen MR) is 55.6 cm³/mol. The van der Waals surface area contributed by atoms with Gasteiger partial charge in [0, 0.05) is 11.1 Å². The van der Waals surface area contributed by atoms with Crippen LogP contribution in [0.25, 0.3) is 0 Å². The number of nitrogens with two attached hydrogens (primary N) is 2. The number of fused-ring (bicyclic) bond motifs is 2. The predicted octanol–water partition coefficient (Wildman–Crippen LogP) is 0.544. The molecule has 4 N–H and O–H groups in total. The van der Waals surface area contributed by atoms with Gasteiger partial charge in [0.25, 0.3) is 0 Å². The van der Waals surface area contributed by atoms with E-state index < -0.39 is 11.8 Å². The topological polar surface area (TPSA) is 86.2 Å². The van der Waals surface area contributed by atoms with E-state index in [0.29, 0.717) is 23.1 Å². The molecule has 1 unspecified atom stereocenters. The molecule has 0 aromatic heterocycles. The number of carbonyl (C=O) groups excluding carboxylic acids is 2. The largest absolute Gasteiger partial charge is 0.366 e. The summed E-state index contributed by atoms with van der Waals surface area (Å²) in [5.74, 6) is -0.754. The van der Waals surface area contributed by atoms with Gasteiger partial charge < -0.3 is 11.5 Å². The Morgan fingerprint density at radius 3 is 2.47 bits per heavy atom. The molecule has 15 heavy (non-hydrogen) atoms. The van der Waals surface area contributed by atoms with Gasteiger partial charge in [0.1, 0.15) is 0 Å². The van der Waals surface area contributed by atoms with E-state index in [1.54, 1.807) is 12.1 Å². The fourth-order valence-electron chi connectivity index (χ4n) is 2.23. The second-order valence-corrected chi connectivity index (χ2v) is 3.89. The molecule has 0 saturated heterocycles. The Morgan fingerprint density at radius 1 is 1.27 bits per heavy atom. The summed E-state index contributed by atoms with van der Waals surface area (Å²) >= 11 is 0. The third kappa shape index (κ3) is 1.29. The van der Waals surface area contributed by atoms with Crippen LogP contribution in [0, 0.1) is 0 Å². The van der Waals surface area contributed by atoms with E-state index in [2.05, 4.69) is 0 Å².